The Kier molecular flexibility index (Phi) is 7.34. The van der Waals surface area contributed by atoms with E-state index in [1.54, 1.807) is 31.2 Å². The van der Waals surface area contributed by atoms with E-state index in [0.29, 0.717) is 12.3 Å². The molecule has 0 heterocycles. The van der Waals surface area contributed by atoms with Crippen molar-refractivity contribution in [2.75, 3.05) is 13.2 Å². The number of hydrogen-bond donors (Lipinski definition) is 1. The molecule has 0 saturated carbocycles. The molecule has 0 spiro atoms. The number of ether oxygens (including phenoxy) is 1. The Hall–Kier alpha value is -2.89. The second kappa shape index (κ2) is 9.71. The van der Waals surface area contributed by atoms with Gasteiger partial charge in [-0.3, -0.25) is 9.59 Å². The number of nitrogens with zero attached hydrogens (tertiary/aromatic N) is 1. The van der Waals surface area contributed by atoms with Crippen molar-refractivity contribution in [3.8, 4) is 5.75 Å². The third-order valence-corrected chi connectivity index (χ3v) is 4.17. The molecule has 1 atom stereocenters. The molecule has 27 heavy (non-hydrogen) atoms. The van der Waals surface area contributed by atoms with Crippen molar-refractivity contribution in [2.45, 2.75) is 33.4 Å². The molecule has 2 rings (SSSR count). The predicted octanol–water partition coefficient (Wildman–Crippen LogP) is 3.07. The van der Waals surface area contributed by atoms with Gasteiger partial charge in [-0.25, -0.2) is 4.39 Å². The van der Waals surface area contributed by atoms with Crippen LogP contribution in [0.15, 0.2) is 48.5 Å². The van der Waals surface area contributed by atoms with E-state index in [4.69, 9.17) is 4.74 Å². The molecule has 0 aliphatic rings. The minimum atomic E-state index is -0.677. The van der Waals surface area contributed by atoms with Gasteiger partial charge in [0.2, 0.25) is 5.91 Å². The topological polar surface area (TPSA) is 58.6 Å². The Morgan fingerprint density at radius 1 is 1.11 bits per heavy atom. The lowest BCUT2D eigenvalue weighted by Gasteiger charge is -2.28. The molecule has 0 aliphatic heterocycles. The number of carbonyl (C=O) groups excluding carboxylic acids is 2. The highest BCUT2D eigenvalue weighted by Gasteiger charge is 2.26. The molecule has 2 aromatic carbocycles. The highest BCUT2D eigenvalue weighted by Crippen LogP contribution is 2.14. The number of carbonyl (C=O) groups is 2. The average molecular weight is 372 g/mol. The van der Waals surface area contributed by atoms with Gasteiger partial charge in [-0.05, 0) is 50.6 Å². The molecule has 5 nitrogen and oxygen atoms in total. The Balaban J connectivity index is 2.11. The summed E-state index contributed by atoms with van der Waals surface area (Å²) in [6.07, 6.45) is 0. The number of likely N-dealkylation sites (N-methyl/N-ethyl adjacent to an activating group) is 1. The molecule has 0 saturated heterocycles. The number of rotatable bonds is 8. The first kappa shape index (κ1) is 20.4. The van der Waals surface area contributed by atoms with Crippen LogP contribution in [0, 0.1) is 12.7 Å². The Morgan fingerprint density at radius 2 is 1.74 bits per heavy atom. The van der Waals surface area contributed by atoms with E-state index < -0.39 is 6.04 Å². The number of amides is 2. The van der Waals surface area contributed by atoms with Crippen LogP contribution in [0.1, 0.15) is 25.0 Å². The normalized spacial score (nSPS) is 11.6. The Bertz CT molecular complexity index is 760. The molecule has 0 fully saturated rings. The van der Waals surface area contributed by atoms with Gasteiger partial charge in [0, 0.05) is 13.1 Å². The van der Waals surface area contributed by atoms with Gasteiger partial charge in [-0.2, -0.15) is 0 Å². The van der Waals surface area contributed by atoms with Crippen molar-refractivity contribution in [3.05, 3.63) is 65.5 Å². The maximum atomic E-state index is 13.1. The zero-order valence-corrected chi connectivity index (χ0v) is 15.9. The summed E-state index contributed by atoms with van der Waals surface area (Å²) in [6, 6.07) is 12.6. The van der Waals surface area contributed by atoms with E-state index in [0.717, 1.165) is 11.1 Å². The smallest absolute Gasteiger partial charge is 0.261 e. The van der Waals surface area contributed by atoms with Crippen LogP contribution < -0.4 is 10.1 Å². The summed E-state index contributed by atoms with van der Waals surface area (Å²) < 4.78 is 18.7. The van der Waals surface area contributed by atoms with Crippen LogP contribution in [-0.2, 0) is 16.1 Å². The van der Waals surface area contributed by atoms with Gasteiger partial charge >= 0.3 is 0 Å². The van der Waals surface area contributed by atoms with Crippen LogP contribution in [0.25, 0.3) is 0 Å². The summed E-state index contributed by atoms with van der Waals surface area (Å²) in [7, 11) is 0. The quantitative estimate of drug-likeness (QED) is 0.775. The van der Waals surface area contributed by atoms with E-state index in [1.165, 1.54) is 17.0 Å². The van der Waals surface area contributed by atoms with Gasteiger partial charge in [-0.15, -0.1) is 0 Å². The minimum absolute atomic E-state index is 0.187. The lowest BCUT2D eigenvalue weighted by atomic mass is 10.1. The van der Waals surface area contributed by atoms with Crippen molar-refractivity contribution < 1.29 is 18.7 Å². The summed E-state index contributed by atoms with van der Waals surface area (Å²) >= 11 is 0. The SMILES string of the molecule is CCNC(=O)[C@@H](C)N(Cc1ccc(F)cc1)C(=O)COc1ccc(C)cc1. The minimum Gasteiger partial charge on any atom is -0.484 e. The highest BCUT2D eigenvalue weighted by atomic mass is 19.1. The number of hydrogen-bond acceptors (Lipinski definition) is 3. The first-order valence-corrected chi connectivity index (χ1v) is 8.91. The summed E-state index contributed by atoms with van der Waals surface area (Å²) in [5, 5.41) is 2.72. The fraction of sp³-hybridized carbons (Fsp3) is 0.333. The molecule has 6 heteroatoms. The predicted molar refractivity (Wildman–Crippen MR) is 102 cm³/mol. The third-order valence-electron chi connectivity index (χ3n) is 4.17. The molecular formula is C21H25FN2O3. The summed E-state index contributed by atoms with van der Waals surface area (Å²) in [4.78, 5) is 26.4. The first-order chi connectivity index (χ1) is 12.9. The largest absolute Gasteiger partial charge is 0.484 e. The third kappa shape index (κ3) is 6.09. The summed E-state index contributed by atoms with van der Waals surface area (Å²) in [6.45, 7) is 5.92. The molecule has 0 unspecified atom stereocenters. The van der Waals surface area contributed by atoms with Gasteiger partial charge in [0.15, 0.2) is 6.61 Å². The number of halogens is 1. The van der Waals surface area contributed by atoms with Crippen molar-refractivity contribution in [1.29, 1.82) is 0 Å². The second-order valence-corrected chi connectivity index (χ2v) is 6.32. The standard InChI is InChI=1S/C21H25FN2O3/c1-4-23-21(26)16(3)24(13-17-7-9-18(22)10-8-17)20(25)14-27-19-11-5-15(2)6-12-19/h5-12,16H,4,13-14H2,1-3H3,(H,23,26)/t16-/m1/s1. The molecule has 2 amide bonds. The van der Waals surface area contributed by atoms with Crippen LogP contribution in [0.4, 0.5) is 4.39 Å². The first-order valence-electron chi connectivity index (χ1n) is 8.91. The van der Waals surface area contributed by atoms with Gasteiger partial charge < -0.3 is 15.0 Å². The monoisotopic (exact) mass is 372 g/mol. The summed E-state index contributed by atoms with van der Waals surface area (Å²) in [5.74, 6) is -0.334. The maximum absolute atomic E-state index is 13.1. The van der Waals surface area contributed by atoms with Gasteiger partial charge in [0.05, 0.1) is 0 Å². The molecule has 0 aromatic heterocycles. The molecule has 0 bridgehead atoms. The zero-order valence-electron chi connectivity index (χ0n) is 15.9. The van der Waals surface area contributed by atoms with Crippen LogP contribution in [-0.4, -0.2) is 35.9 Å². The molecule has 144 valence electrons. The number of benzene rings is 2. The van der Waals surface area contributed by atoms with Crippen LogP contribution in [0.2, 0.25) is 0 Å². The van der Waals surface area contributed by atoms with E-state index in [2.05, 4.69) is 5.32 Å². The average Bonchev–Trinajstić information content (AvgIpc) is 2.66. The second-order valence-electron chi connectivity index (χ2n) is 6.32. The highest BCUT2D eigenvalue weighted by molar-refractivity contribution is 5.87. The van der Waals surface area contributed by atoms with Gasteiger partial charge in [0.1, 0.15) is 17.6 Å². The fourth-order valence-electron chi connectivity index (χ4n) is 2.55. The molecule has 2 aromatic rings. The molecular weight excluding hydrogens is 347 g/mol. The molecule has 0 aliphatic carbocycles. The lowest BCUT2D eigenvalue weighted by molar-refractivity contribution is -0.142. The van der Waals surface area contributed by atoms with Crippen LogP contribution in [0.5, 0.6) is 5.75 Å². The van der Waals surface area contributed by atoms with Crippen molar-refractivity contribution >= 4 is 11.8 Å². The maximum Gasteiger partial charge on any atom is 0.261 e. The molecule has 0 radical (unpaired) electrons. The summed E-state index contributed by atoms with van der Waals surface area (Å²) in [5.41, 5.74) is 1.83. The number of aryl methyl sites for hydroxylation is 1. The van der Waals surface area contributed by atoms with Gasteiger partial charge in [0.25, 0.3) is 5.91 Å². The van der Waals surface area contributed by atoms with Crippen molar-refractivity contribution in [3.63, 3.8) is 0 Å². The Labute approximate surface area is 159 Å². The Morgan fingerprint density at radius 3 is 2.33 bits per heavy atom. The molecule has 1 N–H and O–H groups in total. The van der Waals surface area contributed by atoms with E-state index >= 15 is 0 Å². The fourth-order valence-corrected chi connectivity index (χ4v) is 2.55. The van der Waals surface area contributed by atoms with E-state index in [9.17, 15) is 14.0 Å². The van der Waals surface area contributed by atoms with Crippen LogP contribution >= 0.6 is 0 Å². The van der Waals surface area contributed by atoms with E-state index in [-0.39, 0.29) is 30.8 Å². The van der Waals surface area contributed by atoms with Gasteiger partial charge in [-0.1, -0.05) is 29.8 Å². The van der Waals surface area contributed by atoms with Crippen molar-refractivity contribution in [1.82, 2.24) is 10.2 Å². The number of nitrogens with one attached hydrogen (secondary N) is 1. The van der Waals surface area contributed by atoms with Crippen LogP contribution in [0.3, 0.4) is 0 Å². The van der Waals surface area contributed by atoms with Crippen molar-refractivity contribution in [2.24, 2.45) is 0 Å². The van der Waals surface area contributed by atoms with E-state index in [1.807, 2.05) is 26.0 Å². The lowest BCUT2D eigenvalue weighted by Crippen LogP contribution is -2.49. The zero-order chi connectivity index (χ0) is 19.8.